The fourth-order valence-electron chi connectivity index (χ4n) is 0. The molecule has 0 aliphatic heterocycles. The topological polar surface area (TPSA) is 0 Å². The van der Waals surface area contributed by atoms with Gasteiger partial charge in [-0.15, -0.1) is 22.2 Å². The van der Waals surface area contributed by atoms with E-state index in [1.165, 1.54) is 0 Å². The summed E-state index contributed by atoms with van der Waals surface area (Å²) in [6, 6.07) is 0.941. The zero-order valence-corrected chi connectivity index (χ0v) is 10.6. The summed E-state index contributed by atoms with van der Waals surface area (Å²) < 4.78 is 0. The Kier molecular flexibility index (Phi) is 9.66. The van der Waals surface area contributed by atoms with Crippen LogP contribution in [0.5, 0.6) is 0 Å². The highest BCUT2D eigenvalue weighted by Crippen LogP contribution is 2.17. The smallest absolute Gasteiger partial charge is 0.181 e. The van der Waals surface area contributed by atoms with Crippen molar-refractivity contribution in [3.63, 3.8) is 0 Å². The molecule has 0 fully saturated rings. The van der Waals surface area contributed by atoms with Crippen molar-refractivity contribution >= 4 is 49.5 Å². The van der Waals surface area contributed by atoms with E-state index in [9.17, 15) is 0 Å². The van der Waals surface area contributed by atoms with Crippen molar-refractivity contribution in [1.82, 2.24) is 0 Å². The molecule has 0 aromatic rings. The Bertz CT molecular complexity index is 42.3. The van der Waals surface area contributed by atoms with E-state index < -0.39 is 6.69 Å². The molecule has 0 saturated carbocycles. The summed E-state index contributed by atoms with van der Waals surface area (Å²) in [6.45, 7) is 2.23. The molecule has 0 bridgehead atoms. The van der Waals surface area contributed by atoms with Gasteiger partial charge in [-0.2, -0.15) is 11.1 Å². The third-order valence-corrected chi connectivity index (χ3v) is 3.47. The first-order valence-corrected chi connectivity index (χ1v) is 10.1. The molecule has 8 heavy (non-hydrogen) atoms. The minimum Gasteiger partial charge on any atom is -0.181 e. The Labute approximate surface area is 69.1 Å². The van der Waals surface area contributed by atoms with Gasteiger partial charge in [-0.1, -0.05) is 6.92 Å². The van der Waals surface area contributed by atoms with E-state index in [2.05, 4.69) is 0 Å². The van der Waals surface area contributed by atoms with Crippen LogP contribution in [0, 0.1) is 0 Å². The minimum atomic E-state index is -1.69. The Morgan fingerprint density at radius 1 is 1.38 bits per heavy atom. The molecule has 0 aliphatic carbocycles. The van der Waals surface area contributed by atoms with E-state index in [1.54, 1.807) is 0 Å². The third-order valence-electron chi connectivity index (χ3n) is 0.621. The molecule has 0 aromatic carbocycles. The second kappa shape index (κ2) is 6.42. The van der Waals surface area contributed by atoms with Crippen molar-refractivity contribution in [2.75, 3.05) is 0 Å². The summed E-state index contributed by atoms with van der Waals surface area (Å²) in [4.78, 5) is 0. The first-order chi connectivity index (χ1) is 3.56. The van der Waals surface area contributed by atoms with Gasteiger partial charge in [-0.3, -0.25) is 0 Å². The van der Waals surface area contributed by atoms with Crippen molar-refractivity contribution in [3.8, 4) is 0 Å². The molecule has 5 heteroatoms. The van der Waals surface area contributed by atoms with Gasteiger partial charge in [0.2, 0.25) is 6.69 Å². The molecule has 0 aromatic heterocycles. The molecule has 0 unspecified atom stereocenters. The molecule has 0 aliphatic rings. The highest BCUT2D eigenvalue weighted by molar-refractivity contribution is 7.44. The Balaban J connectivity index is 0. The molecule has 0 atom stereocenters. The maximum atomic E-state index is 5.62. The van der Waals surface area contributed by atoms with E-state index in [1.807, 2.05) is 13.5 Å². The van der Waals surface area contributed by atoms with E-state index in [0.717, 1.165) is 15.6 Å². The lowest BCUT2D eigenvalue weighted by molar-refractivity contribution is 1.43. The van der Waals surface area contributed by atoms with Gasteiger partial charge in [0, 0.05) is 0 Å². The summed E-state index contributed by atoms with van der Waals surface area (Å²) in [5.74, 6) is 0. The minimum absolute atomic E-state index is 0.778. The van der Waals surface area contributed by atoms with Crippen molar-refractivity contribution < 1.29 is 0 Å². The standard InChI is InChI=1S/C3H8Cl2Si.ClH3Si/c1-3-6(2,4)5;1-2/h3H2,1-2H3;2H3. The van der Waals surface area contributed by atoms with E-state index >= 15 is 0 Å². The quantitative estimate of drug-likeness (QED) is 0.458. The van der Waals surface area contributed by atoms with Crippen LogP contribution in [0.3, 0.4) is 0 Å². The van der Waals surface area contributed by atoms with E-state index in [-0.39, 0.29) is 0 Å². The van der Waals surface area contributed by atoms with Crippen molar-refractivity contribution in [2.45, 2.75) is 19.5 Å². The molecule has 0 rings (SSSR count). The largest absolute Gasteiger partial charge is 0.248 e. The normalized spacial score (nSPS) is 10.1. The first-order valence-electron chi connectivity index (χ1n) is 2.32. The van der Waals surface area contributed by atoms with Crippen molar-refractivity contribution in [1.29, 1.82) is 0 Å². The molecule has 0 amide bonds. The Morgan fingerprint density at radius 2 is 1.50 bits per heavy atom. The molecule has 0 heterocycles. The number of hydrogen-bond acceptors (Lipinski definition) is 0. The SMILES string of the molecule is CC[Si](C)(Cl)Cl.[SiH3]Cl. The second-order valence-electron chi connectivity index (χ2n) is 1.42. The molecular weight excluding hydrogens is 199 g/mol. The molecule has 0 spiro atoms. The molecule has 0 radical (unpaired) electrons. The second-order valence-corrected chi connectivity index (χ2v) is 9.86. The van der Waals surface area contributed by atoms with E-state index in [4.69, 9.17) is 33.2 Å². The number of halogens is 3. The van der Waals surface area contributed by atoms with Gasteiger partial charge in [-0.25, -0.2) is 0 Å². The lowest BCUT2D eigenvalue weighted by Crippen LogP contribution is -2.08. The predicted molar refractivity (Wildman–Crippen MR) is 49.6 cm³/mol. The highest BCUT2D eigenvalue weighted by atomic mass is 35.7. The van der Waals surface area contributed by atoms with Gasteiger partial charge in [0.05, 0.1) is 0 Å². The number of hydrogen-bond donors (Lipinski definition) is 0. The zero-order valence-electron chi connectivity index (χ0n) is 5.34. The summed E-state index contributed by atoms with van der Waals surface area (Å²) in [6.07, 6.45) is 0. The van der Waals surface area contributed by atoms with Crippen LogP contribution in [-0.4, -0.2) is 16.2 Å². The average molecular weight is 210 g/mol. The Morgan fingerprint density at radius 3 is 1.50 bits per heavy atom. The highest BCUT2D eigenvalue weighted by Gasteiger charge is 2.15. The maximum absolute atomic E-state index is 5.62. The van der Waals surface area contributed by atoms with Crippen LogP contribution in [0.15, 0.2) is 0 Å². The molecule has 0 N–H and O–H groups in total. The van der Waals surface area contributed by atoms with Crippen LogP contribution in [-0.2, 0) is 0 Å². The monoisotopic (exact) mass is 208 g/mol. The first kappa shape index (κ1) is 12.0. The number of rotatable bonds is 1. The maximum Gasteiger partial charge on any atom is 0.248 e. The molecule has 0 saturated heterocycles. The molecule has 52 valence electrons. The van der Waals surface area contributed by atoms with Crippen LogP contribution in [0.25, 0.3) is 0 Å². The van der Waals surface area contributed by atoms with Gasteiger partial charge in [0.25, 0.3) is 0 Å². The summed E-state index contributed by atoms with van der Waals surface area (Å²) in [7, 11) is 0.778. The van der Waals surface area contributed by atoms with Gasteiger partial charge in [-0.05, 0) is 12.6 Å². The van der Waals surface area contributed by atoms with Gasteiger partial charge in [0.15, 0.2) is 0 Å². The van der Waals surface area contributed by atoms with Gasteiger partial charge < -0.3 is 0 Å². The van der Waals surface area contributed by atoms with Crippen LogP contribution >= 0.6 is 33.2 Å². The van der Waals surface area contributed by atoms with Crippen LogP contribution < -0.4 is 0 Å². The van der Waals surface area contributed by atoms with Crippen LogP contribution in [0.1, 0.15) is 6.92 Å². The predicted octanol–water partition coefficient (Wildman–Crippen LogP) is 2.06. The van der Waals surface area contributed by atoms with Gasteiger partial charge in [0.1, 0.15) is 9.55 Å². The lowest BCUT2D eigenvalue weighted by Gasteiger charge is -2.01. The summed E-state index contributed by atoms with van der Waals surface area (Å²) in [5, 5.41) is 0. The zero-order chi connectivity index (χ0) is 7.21. The van der Waals surface area contributed by atoms with Crippen LogP contribution in [0.4, 0.5) is 0 Å². The molecular formula is C3H11Cl3Si2. The van der Waals surface area contributed by atoms with Gasteiger partial charge >= 0.3 is 0 Å². The van der Waals surface area contributed by atoms with Crippen LogP contribution in [0.2, 0.25) is 12.6 Å². The third kappa shape index (κ3) is 15.7. The van der Waals surface area contributed by atoms with E-state index in [0.29, 0.717) is 0 Å². The fourth-order valence-corrected chi connectivity index (χ4v) is 0. The Hall–Kier alpha value is 1.30. The van der Waals surface area contributed by atoms with Crippen molar-refractivity contribution in [2.24, 2.45) is 0 Å². The summed E-state index contributed by atoms with van der Waals surface area (Å²) >= 11 is 16.0. The summed E-state index contributed by atoms with van der Waals surface area (Å²) in [5.41, 5.74) is 0. The van der Waals surface area contributed by atoms with Crippen molar-refractivity contribution in [3.05, 3.63) is 0 Å². The average Bonchev–Trinajstić information content (AvgIpc) is 1.71. The fraction of sp³-hybridized carbons (Fsp3) is 1.00. The lowest BCUT2D eigenvalue weighted by atomic mass is 11.0. The molecule has 0 nitrogen and oxygen atoms in total.